The van der Waals surface area contributed by atoms with Crippen molar-refractivity contribution in [3.05, 3.63) is 101 Å². The average molecular weight is 449 g/mol. The van der Waals surface area contributed by atoms with Gasteiger partial charge in [0.25, 0.3) is 5.91 Å². The topological polar surface area (TPSA) is 60.7 Å². The molecule has 162 valence electrons. The lowest BCUT2D eigenvalue weighted by Crippen LogP contribution is -2.24. The second-order valence-electron chi connectivity index (χ2n) is 7.07. The molecule has 1 heterocycles. The summed E-state index contributed by atoms with van der Waals surface area (Å²) in [5.74, 6) is -2.03. The molecule has 0 aliphatic rings. The third-order valence-electron chi connectivity index (χ3n) is 4.96. The molecule has 0 radical (unpaired) electrons. The van der Waals surface area contributed by atoms with E-state index in [1.165, 1.54) is 10.6 Å². The van der Waals surface area contributed by atoms with Gasteiger partial charge in [0.15, 0.2) is 4.80 Å². The fraction of sp³-hybridized carbons (Fsp3) is 0.160. The van der Waals surface area contributed by atoms with Crippen molar-refractivity contribution in [1.29, 1.82) is 0 Å². The first-order valence-corrected chi connectivity index (χ1v) is 11.0. The van der Waals surface area contributed by atoms with Crippen LogP contribution < -0.4 is 4.80 Å². The van der Waals surface area contributed by atoms with E-state index in [1.807, 2.05) is 60.7 Å². The lowest BCUT2D eigenvalue weighted by molar-refractivity contribution is -0.143. The highest BCUT2D eigenvalue weighted by molar-refractivity contribution is 7.16. The van der Waals surface area contributed by atoms with Gasteiger partial charge in [0, 0.05) is 0 Å². The van der Waals surface area contributed by atoms with Gasteiger partial charge >= 0.3 is 5.97 Å². The van der Waals surface area contributed by atoms with Crippen LogP contribution in [0.4, 0.5) is 4.39 Å². The molecule has 0 unspecified atom stereocenters. The third kappa shape index (κ3) is 4.53. The Labute approximate surface area is 188 Å². The van der Waals surface area contributed by atoms with Crippen LogP contribution in [0.25, 0.3) is 10.2 Å². The fourth-order valence-corrected chi connectivity index (χ4v) is 4.63. The number of para-hydroxylation sites is 1. The van der Waals surface area contributed by atoms with Crippen molar-refractivity contribution in [3.8, 4) is 0 Å². The van der Waals surface area contributed by atoms with Crippen LogP contribution in [0, 0.1) is 5.82 Å². The fourth-order valence-electron chi connectivity index (χ4n) is 3.58. The average Bonchev–Trinajstić information content (AvgIpc) is 3.13. The molecule has 0 fully saturated rings. The summed E-state index contributed by atoms with van der Waals surface area (Å²) in [6.45, 7) is 1.68. The van der Waals surface area contributed by atoms with Gasteiger partial charge in [-0.15, -0.1) is 0 Å². The number of ether oxygens (including phenoxy) is 1. The molecule has 5 nitrogen and oxygen atoms in total. The zero-order valence-corrected chi connectivity index (χ0v) is 18.2. The highest BCUT2D eigenvalue weighted by Gasteiger charge is 2.23. The maximum atomic E-state index is 14.6. The minimum atomic E-state index is -0.622. The molecular formula is C25H21FN2O3S. The van der Waals surface area contributed by atoms with Crippen LogP contribution in [0.2, 0.25) is 0 Å². The number of carbonyl (C=O) groups excluding carboxylic acids is 2. The number of hydrogen-bond donors (Lipinski definition) is 0. The molecule has 32 heavy (non-hydrogen) atoms. The highest BCUT2D eigenvalue weighted by atomic mass is 32.1. The Morgan fingerprint density at radius 3 is 2.19 bits per heavy atom. The van der Waals surface area contributed by atoms with Crippen molar-refractivity contribution < 1.29 is 18.7 Å². The molecule has 7 heteroatoms. The van der Waals surface area contributed by atoms with Gasteiger partial charge in [0.05, 0.1) is 22.7 Å². The molecule has 0 saturated heterocycles. The van der Waals surface area contributed by atoms with Gasteiger partial charge in [-0.3, -0.25) is 9.59 Å². The van der Waals surface area contributed by atoms with Crippen molar-refractivity contribution in [2.45, 2.75) is 19.4 Å². The predicted molar refractivity (Wildman–Crippen MR) is 122 cm³/mol. The standard InChI is InChI=1S/C25H21FN2O3S/c1-2-31-21(29)16-28-23-19(26)14-9-15-20(23)32-25(28)27-24(30)22(17-10-5-3-6-11-17)18-12-7-4-8-13-18/h3-15,22H,2,16H2,1H3. The largest absolute Gasteiger partial charge is 0.465 e. The molecule has 0 bridgehead atoms. The van der Waals surface area contributed by atoms with Crippen LogP contribution in [0.3, 0.4) is 0 Å². The van der Waals surface area contributed by atoms with E-state index in [4.69, 9.17) is 4.74 Å². The summed E-state index contributed by atoms with van der Waals surface area (Å²) < 4.78 is 21.7. The second kappa shape index (κ2) is 9.70. The normalized spacial score (nSPS) is 11.8. The van der Waals surface area contributed by atoms with Crippen LogP contribution in [-0.2, 0) is 20.9 Å². The first-order chi connectivity index (χ1) is 15.6. The Hall–Kier alpha value is -3.58. The van der Waals surface area contributed by atoms with E-state index in [-0.39, 0.29) is 23.5 Å². The summed E-state index contributed by atoms with van der Waals surface area (Å²) in [6.07, 6.45) is 0. The SMILES string of the molecule is CCOC(=O)Cn1c(=NC(=O)C(c2ccccc2)c2ccccc2)sc2cccc(F)c21. The molecule has 1 amide bonds. The lowest BCUT2D eigenvalue weighted by Gasteiger charge is -2.14. The first kappa shape index (κ1) is 21.6. The molecule has 3 aromatic carbocycles. The molecule has 0 saturated carbocycles. The van der Waals surface area contributed by atoms with Gasteiger partial charge in [-0.25, -0.2) is 4.39 Å². The number of esters is 1. The second-order valence-corrected chi connectivity index (χ2v) is 8.08. The monoisotopic (exact) mass is 448 g/mol. The van der Waals surface area contributed by atoms with Crippen molar-refractivity contribution in [2.75, 3.05) is 6.61 Å². The van der Waals surface area contributed by atoms with Crippen LogP contribution in [0.15, 0.2) is 83.9 Å². The minimum absolute atomic E-state index is 0.208. The van der Waals surface area contributed by atoms with Gasteiger partial charge in [0.2, 0.25) is 0 Å². The van der Waals surface area contributed by atoms with E-state index in [9.17, 15) is 14.0 Å². The molecule has 4 aromatic rings. The number of amides is 1. The molecule has 0 aliphatic carbocycles. The number of carbonyl (C=O) groups is 2. The molecular weight excluding hydrogens is 427 g/mol. The first-order valence-electron chi connectivity index (χ1n) is 10.2. The van der Waals surface area contributed by atoms with Crippen LogP contribution in [0.5, 0.6) is 0 Å². The number of hydrogen-bond acceptors (Lipinski definition) is 4. The van der Waals surface area contributed by atoms with Gasteiger partial charge in [0.1, 0.15) is 12.4 Å². The minimum Gasteiger partial charge on any atom is -0.465 e. The summed E-state index contributed by atoms with van der Waals surface area (Å²) in [7, 11) is 0. The maximum absolute atomic E-state index is 14.6. The summed E-state index contributed by atoms with van der Waals surface area (Å²) in [5.41, 5.74) is 1.83. The van der Waals surface area contributed by atoms with Gasteiger partial charge in [-0.2, -0.15) is 4.99 Å². The van der Waals surface area contributed by atoms with E-state index in [1.54, 1.807) is 19.1 Å². The summed E-state index contributed by atoms with van der Waals surface area (Å²) in [4.78, 5) is 30.3. The Morgan fingerprint density at radius 2 is 1.59 bits per heavy atom. The predicted octanol–water partition coefficient (Wildman–Crippen LogP) is 4.66. The lowest BCUT2D eigenvalue weighted by atomic mass is 9.91. The number of halogens is 1. The Bertz CT molecular complexity index is 1270. The highest BCUT2D eigenvalue weighted by Crippen LogP contribution is 2.26. The smallest absolute Gasteiger partial charge is 0.326 e. The van der Waals surface area contributed by atoms with E-state index < -0.39 is 23.6 Å². The summed E-state index contributed by atoms with van der Waals surface area (Å²) >= 11 is 1.16. The van der Waals surface area contributed by atoms with Crippen molar-refractivity contribution in [2.24, 2.45) is 4.99 Å². The molecule has 1 aromatic heterocycles. The van der Waals surface area contributed by atoms with E-state index in [0.29, 0.717) is 4.70 Å². The number of fused-ring (bicyclic) bond motifs is 1. The zero-order chi connectivity index (χ0) is 22.5. The molecule has 0 N–H and O–H groups in total. The maximum Gasteiger partial charge on any atom is 0.326 e. The van der Waals surface area contributed by atoms with Crippen molar-refractivity contribution >= 4 is 33.4 Å². The molecule has 0 spiro atoms. The number of rotatable bonds is 6. The Kier molecular flexibility index (Phi) is 6.56. The number of aromatic nitrogens is 1. The summed E-state index contributed by atoms with van der Waals surface area (Å²) in [5, 5.41) is 0. The van der Waals surface area contributed by atoms with E-state index in [0.717, 1.165) is 22.5 Å². The quantitative estimate of drug-likeness (QED) is 0.403. The van der Waals surface area contributed by atoms with Gasteiger partial charge < -0.3 is 9.30 Å². The third-order valence-corrected chi connectivity index (χ3v) is 6.01. The number of nitrogens with zero attached hydrogens (tertiary/aromatic N) is 2. The van der Waals surface area contributed by atoms with Crippen LogP contribution in [0.1, 0.15) is 24.0 Å². The van der Waals surface area contributed by atoms with Crippen LogP contribution >= 0.6 is 11.3 Å². The van der Waals surface area contributed by atoms with Gasteiger partial charge in [-0.1, -0.05) is 78.1 Å². The summed E-state index contributed by atoms with van der Waals surface area (Å²) in [6, 6.07) is 23.4. The number of thiazole rings is 1. The van der Waals surface area contributed by atoms with Gasteiger partial charge in [-0.05, 0) is 30.2 Å². The van der Waals surface area contributed by atoms with Crippen molar-refractivity contribution in [3.63, 3.8) is 0 Å². The molecule has 4 rings (SSSR count). The van der Waals surface area contributed by atoms with E-state index >= 15 is 0 Å². The van der Waals surface area contributed by atoms with E-state index in [2.05, 4.69) is 4.99 Å². The van der Waals surface area contributed by atoms with Crippen molar-refractivity contribution in [1.82, 2.24) is 4.57 Å². The zero-order valence-electron chi connectivity index (χ0n) is 17.4. The molecule has 0 atom stereocenters. The Balaban J connectivity index is 1.86. The number of benzene rings is 3. The van der Waals surface area contributed by atoms with Crippen LogP contribution in [-0.4, -0.2) is 23.1 Å². The Morgan fingerprint density at radius 1 is 0.969 bits per heavy atom. The molecule has 0 aliphatic heterocycles.